The van der Waals surface area contributed by atoms with Crippen LogP contribution >= 0.6 is 0 Å². The van der Waals surface area contributed by atoms with E-state index < -0.39 is 10.7 Å². The molecule has 146 valence electrons. The van der Waals surface area contributed by atoms with Crippen molar-refractivity contribution < 1.29 is 19.6 Å². The molecule has 0 amide bonds. The van der Waals surface area contributed by atoms with E-state index in [4.69, 9.17) is 9.47 Å². The summed E-state index contributed by atoms with van der Waals surface area (Å²) in [4.78, 5) is 16.4. The molecule has 0 saturated carbocycles. The third kappa shape index (κ3) is 3.80. The van der Waals surface area contributed by atoms with Crippen LogP contribution in [0.15, 0.2) is 53.5 Å². The maximum Gasteiger partial charge on any atom is 0.438 e. The van der Waals surface area contributed by atoms with Gasteiger partial charge < -0.3 is 24.8 Å². The van der Waals surface area contributed by atoms with Crippen molar-refractivity contribution in [2.45, 2.75) is 13.5 Å². The minimum atomic E-state index is -0.691. The lowest BCUT2D eigenvalue weighted by Gasteiger charge is -2.10. The van der Waals surface area contributed by atoms with Gasteiger partial charge >= 0.3 is 5.82 Å². The molecule has 28 heavy (non-hydrogen) atoms. The number of benzene rings is 2. The molecule has 0 aliphatic carbocycles. The topological polar surface area (TPSA) is 117 Å². The van der Waals surface area contributed by atoms with Gasteiger partial charge in [0.1, 0.15) is 5.69 Å². The van der Waals surface area contributed by atoms with E-state index in [2.05, 4.69) is 10.1 Å². The molecule has 10 heteroatoms. The van der Waals surface area contributed by atoms with Gasteiger partial charge in [0.15, 0.2) is 11.5 Å². The lowest BCUT2D eigenvalue weighted by Crippen LogP contribution is -2.22. The minimum Gasteiger partial charge on any atom is -0.493 e. The second kappa shape index (κ2) is 8.25. The summed E-state index contributed by atoms with van der Waals surface area (Å²) in [5.74, 6) is 0.569. The van der Waals surface area contributed by atoms with Gasteiger partial charge in [-0.05, 0) is 46.5 Å². The van der Waals surface area contributed by atoms with Crippen molar-refractivity contribution in [2.75, 3.05) is 13.7 Å². The molecule has 0 spiro atoms. The molecule has 10 nitrogen and oxygen atoms in total. The van der Waals surface area contributed by atoms with Crippen molar-refractivity contribution in [2.24, 2.45) is 4.99 Å². The van der Waals surface area contributed by atoms with E-state index in [0.29, 0.717) is 28.6 Å². The summed E-state index contributed by atoms with van der Waals surface area (Å²) < 4.78 is 10.8. The van der Waals surface area contributed by atoms with Crippen LogP contribution in [0, 0.1) is 10.1 Å². The van der Waals surface area contributed by atoms with E-state index >= 15 is 0 Å². The first-order chi connectivity index (χ1) is 13.5. The third-order valence-electron chi connectivity index (χ3n) is 3.86. The highest BCUT2D eigenvalue weighted by Gasteiger charge is 2.23. The molecule has 2 aromatic carbocycles. The van der Waals surface area contributed by atoms with Crippen molar-refractivity contribution in [3.05, 3.63) is 69.7 Å². The van der Waals surface area contributed by atoms with Crippen molar-refractivity contribution in [3.8, 4) is 17.2 Å². The van der Waals surface area contributed by atoms with Crippen LogP contribution in [-0.2, 0) is 6.54 Å². The number of aromatic nitrogens is 3. The summed E-state index contributed by atoms with van der Waals surface area (Å²) >= 11 is 0. The van der Waals surface area contributed by atoms with Crippen LogP contribution in [-0.4, -0.2) is 38.6 Å². The van der Waals surface area contributed by atoms with E-state index in [9.17, 15) is 15.3 Å². The van der Waals surface area contributed by atoms with Crippen LogP contribution in [0.25, 0.3) is 5.69 Å². The van der Waals surface area contributed by atoms with E-state index in [-0.39, 0.29) is 12.0 Å². The van der Waals surface area contributed by atoms with Crippen molar-refractivity contribution in [3.63, 3.8) is 0 Å². The Morgan fingerprint density at radius 3 is 2.61 bits per heavy atom. The fraction of sp³-hybridized carbons (Fsp3) is 0.222. The van der Waals surface area contributed by atoms with E-state index in [0.717, 1.165) is 10.4 Å². The van der Waals surface area contributed by atoms with E-state index in [1.54, 1.807) is 48.5 Å². The first-order valence-electron chi connectivity index (χ1n) is 8.46. The lowest BCUT2D eigenvalue weighted by atomic mass is 10.2. The van der Waals surface area contributed by atoms with Crippen molar-refractivity contribution >= 4 is 5.82 Å². The van der Waals surface area contributed by atoms with Gasteiger partial charge in [-0.25, -0.2) is 0 Å². The monoisotopic (exact) mass is 385 g/mol. The summed E-state index contributed by atoms with van der Waals surface area (Å²) in [6.07, 6.45) is 0. The average molecular weight is 385 g/mol. The molecule has 1 aromatic heterocycles. The molecule has 0 saturated heterocycles. The van der Waals surface area contributed by atoms with Gasteiger partial charge in [-0.2, -0.15) is 0 Å². The molecule has 3 aromatic rings. The Balaban J connectivity index is 2.00. The molecule has 0 fully saturated rings. The number of methoxy groups -OCH3 is 1. The SMILES string of the molecule is CCOc1ccc(CN=c2c([N+](=O)[O-])nn(-c3ccccc3)n2O)cc1OC. The molecule has 1 heterocycles. The third-order valence-corrected chi connectivity index (χ3v) is 3.86. The molecule has 0 radical (unpaired) electrons. The quantitative estimate of drug-likeness (QED) is 0.379. The van der Waals surface area contributed by atoms with Gasteiger partial charge in [0.25, 0.3) is 5.49 Å². The minimum absolute atomic E-state index is 0.0741. The molecule has 0 unspecified atom stereocenters. The summed E-state index contributed by atoms with van der Waals surface area (Å²) in [5, 5.41) is 25.6. The van der Waals surface area contributed by atoms with Gasteiger partial charge in [0, 0.05) is 0 Å². The van der Waals surface area contributed by atoms with Crippen LogP contribution in [0.3, 0.4) is 0 Å². The van der Waals surface area contributed by atoms with E-state index in [1.807, 2.05) is 6.92 Å². The van der Waals surface area contributed by atoms with Crippen LogP contribution in [0.4, 0.5) is 5.82 Å². The van der Waals surface area contributed by atoms with Gasteiger partial charge in [0.2, 0.25) is 0 Å². The summed E-state index contributed by atoms with van der Waals surface area (Å²) in [6.45, 7) is 2.44. The number of ether oxygens (including phenoxy) is 2. The summed E-state index contributed by atoms with van der Waals surface area (Å²) in [6, 6.07) is 13.8. The predicted octanol–water partition coefficient (Wildman–Crippen LogP) is 2.33. The Labute approximate surface area is 160 Å². The first kappa shape index (κ1) is 19.0. The molecule has 0 aliphatic heterocycles. The van der Waals surface area contributed by atoms with Crippen LogP contribution in [0.2, 0.25) is 0 Å². The summed E-state index contributed by atoms with van der Waals surface area (Å²) in [7, 11) is 1.52. The molecule has 0 aliphatic rings. The highest BCUT2D eigenvalue weighted by molar-refractivity contribution is 5.43. The number of para-hydroxylation sites is 1. The lowest BCUT2D eigenvalue weighted by molar-refractivity contribution is -0.391. The smallest absolute Gasteiger partial charge is 0.438 e. The molecule has 3 rings (SSSR count). The maximum absolute atomic E-state index is 11.4. The van der Waals surface area contributed by atoms with Crippen molar-refractivity contribution in [1.29, 1.82) is 0 Å². The number of hydrogen-bond acceptors (Lipinski definition) is 7. The Morgan fingerprint density at radius 1 is 1.21 bits per heavy atom. The second-order valence-corrected chi connectivity index (χ2v) is 5.65. The zero-order valence-corrected chi connectivity index (χ0v) is 15.3. The Bertz CT molecular complexity index is 1040. The molecular weight excluding hydrogens is 366 g/mol. The zero-order chi connectivity index (χ0) is 20.1. The maximum atomic E-state index is 11.4. The fourth-order valence-corrected chi connectivity index (χ4v) is 2.59. The van der Waals surface area contributed by atoms with Crippen LogP contribution < -0.4 is 15.0 Å². The highest BCUT2D eigenvalue weighted by Crippen LogP contribution is 2.28. The Kier molecular flexibility index (Phi) is 5.58. The molecular formula is C18H19N5O5. The molecule has 0 atom stereocenters. The molecule has 1 N–H and O–H groups in total. The Hall–Kier alpha value is -3.82. The Morgan fingerprint density at radius 2 is 1.96 bits per heavy atom. The predicted molar refractivity (Wildman–Crippen MR) is 98.8 cm³/mol. The average Bonchev–Trinajstić information content (AvgIpc) is 3.04. The van der Waals surface area contributed by atoms with Crippen molar-refractivity contribution in [1.82, 2.24) is 14.7 Å². The summed E-state index contributed by atoms with van der Waals surface area (Å²) in [5.41, 5.74) is 0.918. The second-order valence-electron chi connectivity index (χ2n) is 5.65. The number of nitro groups is 1. The first-order valence-corrected chi connectivity index (χ1v) is 8.46. The van der Waals surface area contributed by atoms with Gasteiger partial charge in [-0.3, -0.25) is 4.99 Å². The zero-order valence-electron chi connectivity index (χ0n) is 15.3. The van der Waals surface area contributed by atoms with Crippen LogP contribution in [0.1, 0.15) is 12.5 Å². The van der Waals surface area contributed by atoms with E-state index in [1.165, 1.54) is 7.11 Å². The number of nitrogens with zero attached hydrogens (tertiary/aromatic N) is 5. The normalized spacial score (nSPS) is 11.4. The fourth-order valence-electron chi connectivity index (χ4n) is 2.59. The van der Waals surface area contributed by atoms with Crippen LogP contribution in [0.5, 0.6) is 11.5 Å². The molecule has 0 bridgehead atoms. The standard InChI is InChI=1S/C18H19N5O5/c1-3-28-15-10-9-13(11-16(15)27-2)12-19-17-18(23(25)26)20-21(22(17)24)14-7-5-4-6-8-14/h4-11,24H,3,12H2,1-2H3. The van der Waals surface area contributed by atoms with Gasteiger partial charge in [-0.15, -0.1) is 0 Å². The highest BCUT2D eigenvalue weighted by atomic mass is 16.6. The largest absolute Gasteiger partial charge is 0.493 e. The van der Waals surface area contributed by atoms with Gasteiger partial charge in [-0.1, -0.05) is 29.1 Å². The number of hydrogen-bond donors (Lipinski definition) is 1. The number of rotatable bonds is 7. The van der Waals surface area contributed by atoms with Gasteiger partial charge in [0.05, 0.1) is 25.4 Å².